The molecule has 108 valence electrons. The minimum Gasteiger partial charge on any atom is -0.398 e. The Morgan fingerprint density at radius 3 is 2.53 bits per heavy atom. The van der Waals surface area contributed by atoms with Crippen LogP contribution in [0.3, 0.4) is 0 Å². The Bertz CT molecular complexity index is 541. The van der Waals surface area contributed by atoms with Crippen molar-refractivity contribution in [2.24, 2.45) is 0 Å². The van der Waals surface area contributed by atoms with Crippen molar-refractivity contribution in [2.45, 2.75) is 44.6 Å². The van der Waals surface area contributed by atoms with Crippen LogP contribution in [0.1, 0.15) is 30.9 Å². The Kier molecular flexibility index (Phi) is 5.34. The van der Waals surface area contributed by atoms with Gasteiger partial charge < -0.3 is 10.8 Å². The molecular formula is C13H22N2O3S. The number of anilines is 1. The summed E-state index contributed by atoms with van der Waals surface area (Å²) >= 11 is 0. The van der Waals surface area contributed by atoms with Gasteiger partial charge in [0.05, 0.1) is 4.90 Å². The van der Waals surface area contributed by atoms with Gasteiger partial charge in [0.25, 0.3) is 0 Å². The lowest BCUT2D eigenvalue weighted by Gasteiger charge is -2.19. The van der Waals surface area contributed by atoms with Gasteiger partial charge in [-0.2, -0.15) is 0 Å². The number of nitrogen functional groups attached to an aromatic ring is 1. The van der Waals surface area contributed by atoms with Gasteiger partial charge in [-0.15, -0.1) is 0 Å². The Morgan fingerprint density at radius 1 is 1.37 bits per heavy atom. The normalized spacial score (nSPS) is 13.5. The fourth-order valence-electron chi connectivity index (χ4n) is 2.04. The first-order chi connectivity index (χ1) is 8.83. The largest absolute Gasteiger partial charge is 0.398 e. The molecule has 0 fully saturated rings. The van der Waals surface area contributed by atoms with E-state index in [0.29, 0.717) is 29.7 Å². The number of aliphatic hydroxyl groups excluding tert-OH is 1. The molecule has 1 aromatic rings. The van der Waals surface area contributed by atoms with E-state index < -0.39 is 10.0 Å². The van der Waals surface area contributed by atoms with Gasteiger partial charge in [0.1, 0.15) is 0 Å². The average Bonchev–Trinajstić information content (AvgIpc) is 2.33. The summed E-state index contributed by atoms with van der Waals surface area (Å²) in [5.74, 6) is 0. The molecule has 4 N–H and O–H groups in total. The highest BCUT2D eigenvalue weighted by Gasteiger charge is 2.23. The molecule has 0 saturated carbocycles. The van der Waals surface area contributed by atoms with Gasteiger partial charge in [-0.05, 0) is 43.9 Å². The molecule has 6 heteroatoms. The van der Waals surface area contributed by atoms with E-state index in [1.165, 1.54) is 0 Å². The van der Waals surface area contributed by atoms with Crippen LogP contribution in [0.5, 0.6) is 0 Å². The van der Waals surface area contributed by atoms with Crippen molar-refractivity contribution in [3.8, 4) is 0 Å². The van der Waals surface area contributed by atoms with Crippen LogP contribution in [0.2, 0.25) is 0 Å². The highest BCUT2D eigenvalue weighted by molar-refractivity contribution is 7.89. The van der Waals surface area contributed by atoms with Crippen molar-refractivity contribution in [2.75, 3.05) is 12.3 Å². The lowest BCUT2D eigenvalue weighted by atomic mass is 10.1. The molecule has 0 spiro atoms. The number of benzene rings is 1. The smallest absolute Gasteiger partial charge is 0.241 e. The minimum absolute atomic E-state index is 0.0457. The third-order valence-corrected chi connectivity index (χ3v) is 5.01. The van der Waals surface area contributed by atoms with Crippen LogP contribution >= 0.6 is 0 Å². The Balaban J connectivity index is 3.17. The van der Waals surface area contributed by atoms with Gasteiger partial charge in [0, 0.05) is 18.3 Å². The lowest BCUT2D eigenvalue weighted by molar-refractivity contribution is 0.270. The molecule has 0 aliphatic carbocycles. The second kappa shape index (κ2) is 6.36. The van der Waals surface area contributed by atoms with E-state index in [4.69, 9.17) is 10.8 Å². The van der Waals surface area contributed by atoms with Gasteiger partial charge in [-0.1, -0.05) is 13.0 Å². The van der Waals surface area contributed by atoms with E-state index in [9.17, 15) is 8.42 Å². The monoisotopic (exact) mass is 286 g/mol. The molecule has 1 atom stereocenters. The molecule has 0 radical (unpaired) electrons. The molecule has 5 nitrogen and oxygen atoms in total. The first-order valence-electron chi connectivity index (χ1n) is 6.32. The maximum atomic E-state index is 12.4. The van der Waals surface area contributed by atoms with Crippen LogP contribution in [0.4, 0.5) is 5.69 Å². The van der Waals surface area contributed by atoms with E-state index in [-0.39, 0.29) is 17.5 Å². The van der Waals surface area contributed by atoms with Crippen molar-refractivity contribution in [3.63, 3.8) is 0 Å². The summed E-state index contributed by atoms with van der Waals surface area (Å²) in [7, 11) is -3.62. The zero-order valence-electron chi connectivity index (χ0n) is 11.6. The van der Waals surface area contributed by atoms with Crippen molar-refractivity contribution in [1.29, 1.82) is 0 Å². The van der Waals surface area contributed by atoms with Crippen molar-refractivity contribution >= 4 is 15.7 Å². The molecule has 1 unspecified atom stereocenters. The van der Waals surface area contributed by atoms with Gasteiger partial charge >= 0.3 is 0 Å². The van der Waals surface area contributed by atoms with Crippen LogP contribution < -0.4 is 10.5 Å². The maximum Gasteiger partial charge on any atom is 0.241 e. The Morgan fingerprint density at radius 2 is 2.00 bits per heavy atom. The second-order valence-electron chi connectivity index (χ2n) is 4.66. The van der Waals surface area contributed by atoms with Crippen LogP contribution in [-0.4, -0.2) is 26.2 Å². The predicted molar refractivity (Wildman–Crippen MR) is 76.4 cm³/mol. The quantitative estimate of drug-likeness (QED) is 0.688. The SMILES string of the molecule is CCC(CCO)NS(=O)(=O)c1c(C)ccc(N)c1C. The van der Waals surface area contributed by atoms with Crippen LogP contribution in [0.25, 0.3) is 0 Å². The number of nitrogens with two attached hydrogens (primary N) is 1. The zero-order valence-corrected chi connectivity index (χ0v) is 12.4. The highest BCUT2D eigenvalue weighted by Crippen LogP contribution is 2.25. The first-order valence-corrected chi connectivity index (χ1v) is 7.80. The van der Waals surface area contributed by atoms with Gasteiger partial charge in [-0.3, -0.25) is 0 Å². The minimum atomic E-state index is -3.62. The summed E-state index contributed by atoms with van der Waals surface area (Å²) in [6.07, 6.45) is 1.02. The fourth-order valence-corrected chi connectivity index (χ4v) is 3.89. The summed E-state index contributed by atoms with van der Waals surface area (Å²) in [5.41, 5.74) is 7.46. The van der Waals surface area contributed by atoms with Gasteiger partial charge in [-0.25, -0.2) is 13.1 Å². The number of aryl methyl sites for hydroxylation is 1. The molecule has 19 heavy (non-hydrogen) atoms. The number of nitrogens with one attached hydrogen (secondary N) is 1. The molecule has 0 aliphatic heterocycles. The third-order valence-electron chi connectivity index (χ3n) is 3.21. The Hall–Kier alpha value is -1.11. The standard InChI is InChI=1S/C13H22N2O3S/c1-4-11(7-8-16)15-19(17,18)13-9(2)5-6-12(14)10(13)3/h5-6,11,15-16H,4,7-8,14H2,1-3H3. The lowest BCUT2D eigenvalue weighted by Crippen LogP contribution is -2.35. The topological polar surface area (TPSA) is 92.4 Å². The van der Waals surface area contributed by atoms with Gasteiger partial charge in [0.15, 0.2) is 0 Å². The number of sulfonamides is 1. The van der Waals surface area contributed by atoms with E-state index in [1.807, 2.05) is 6.92 Å². The van der Waals surface area contributed by atoms with E-state index in [1.54, 1.807) is 26.0 Å². The van der Waals surface area contributed by atoms with Crippen LogP contribution in [0, 0.1) is 13.8 Å². The molecule has 0 aromatic heterocycles. The summed E-state index contributed by atoms with van der Waals surface area (Å²) in [4.78, 5) is 0.240. The first kappa shape index (κ1) is 15.9. The van der Waals surface area contributed by atoms with Crippen molar-refractivity contribution in [1.82, 2.24) is 4.72 Å². The summed E-state index contributed by atoms with van der Waals surface area (Å²) in [6.45, 7) is 5.27. The Labute approximate surface area is 114 Å². The fraction of sp³-hybridized carbons (Fsp3) is 0.538. The van der Waals surface area contributed by atoms with Crippen molar-refractivity contribution in [3.05, 3.63) is 23.3 Å². The van der Waals surface area contributed by atoms with Crippen LogP contribution in [-0.2, 0) is 10.0 Å². The van der Waals surface area contributed by atoms with Crippen LogP contribution in [0.15, 0.2) is 17.0 Å². The molecule has 0 amide bonds. The second-order valence-corrected chi connectivity index (χ2v) is 6.32. The molecule has 0 saturated heterocycles. The molecule has 0 aliphatic rings. The molecule has 1 rings (SSSR count). The maximum absolute atomic E-state index is 12.4. The number of hydrogen-bond donors (Lipinski definition) is 3. The number of rotatable bonds is 6. The van der Waals surface area contributed by atoms with E-state index in [2.05, 4.69) is 4.72 Å². The summed E-state index contributed by atoms with van der Waals surface area (Å²) < 4.78 is 27.5. The highest BCUT2D eigenvalue weighted by atomic mass is 32.2. The molecular weight excluding hydrogens is 264 g/mol. The van der Waals surface area contributed by atoms with E-state index in [0.717, 1.165) is 0 Å². The third kappa shape index (κ3) is 3.68. The van der Waals surface area contributed by atoms with Gasteiger partial charge in [0.2, 0.25) is 10.0 Å². The summed E-state index contributed by atoms with van der Waals surface area (Å²) in [5, 5.41) is 8.93. The van der Waals surface area contributed by atoms with E-state index >= 15 is 0 Å². The molecule has 0 heterocycles. The zero-order chi connectivity index (χ0) is 14.6. The average molecular weight is 286 g/mol. The molecule has 0 bridgehead atoms. The predicted octanol–water partition coefficient (Wildman–Crippen LogP) is 1.32. The number of aliphatic hydroxyl groups is 1. The van der Waals surface area contributed by atoms with Crippen molar-refractivity contribution < 1.29 is 13.5 Å². The molecule has 1 aromatic carbocycles. The summed E-state index contributed by atoms with van der Waals surface area (Å²) in [6, 6.07) is 3.13. The number of hydrogen-bond acceptors (Lipinski definition) is 4.